The SMILES string of the molecule is Cc1ccc(CC(=O)N2CCC(c3cc[nH]c(=O)c3)CC2)cc1C. The van der Waals surface area contributed by atoms with Gasteiger partial charge in [-0.3, -0.25) is 9.59 Å². The molecular weight excluding hydrogens is 300 g/mol. The van der Waals surface area contributed by atoms with Crippen LogP contribution in [0.2, 0.25) is 0 Å². The molecule has 3 rings (SSSR count). The quantitative estimate of drug-likeness (QED) is 0.944. The topological polar surface area (TPSA) is 53.2 Å². The lowest BCUT2D eigenvalue weighted by molar-refractivity contribution is -0.131. The standard InChI is InChI=1S/C20H24N2O2/c1-14-3-4-16(11-15(14)2)12-20(24)22-9-6-17(7-10-22)18-5-8-21-19(23)13-18/h3-5,8,11,13,17H,6-7,9-10,12H2,1-2H3,(H,21,23). The summed E-state index contributed by atoms with van der Waals surface area (Å²) in [6.07, 6.45) is 4.01. The molecule has 1 N–H and O–H groups in total. The normalized spacial score (nSPS) is 15.5. The Morgan fingerprint density at radius 3 is 2.54 bits per heavy atom. The molecule has 0 radical (unpaired) electrons. The molecule has 1 aliphatic heterocycles. The molecule has 1 amide bonds. The van der Waals surface area contributed by atoms with E-state index < -0.39 is 0 Å². The smallest absolute Gasteiger partial charge is 0.248 e. The van der Waals surface area contributed by atoms with Crippen LogP contribution in [0, 0.1) is 13.8 Å². The molecule has 0 aliphatic carbocycles. The average molecular weight is 324 g/mol. The van der Waals surface area contributed by atoms with Gasteiger partial charge in [-0.25, -0.2) is 0 Å². The molecule has 1 fully saturated rings. The Kier molecular flexibility index (Phi) is 4.84. The van der Waals surface area contributed by atoms with Crippen LogP contribution in [0.3, 0.4) is 0 Å². The number of carbonyl (C=O) groups is 1. The maximum Gasteiger partial charge on any atom is 0.248 e. The number of hydrogen-bond acceptors (Lipinski definition) is 2. The van der Waals surface area contributed by atoms with Gasteiger partial charge in [0, 0.05) is 25.4 Å². The van der Waals surface area contributed by atoms with Crippen LogP contribution in [0.15, 0.2) is 41.3 Å². The van der Waals surface area contributed by atoms with Gasteiger partial charge in [0.25, 0.3) is 0 Å². The van der Waals surface area contributed by atoms with Crippen molar-refractivity contribution in [2.75, 3.05) is 13.1 Å². The zero-order valence-corrected chi connectivity index (χ0v) is 14.3. The van der Waals surface area contributed by atoms with Crippen molar-refractivity contribution in [1.82, 2.24) is 9.88 Å². The number of nitrogens with zero attached hydrogens (tertiary/aromatic N) is 1. The fourth-order valence-corrected chi connectivity index (χ4v) is 3.38. The zero-order chi connectivity index (χ0) is 17.1. The highest BCUT2D eigenvalue weighted by molar-refractivity contribution is 5.79. The molecule has 4 nitrogen and oxygen atoms in total. The molecule has 4 heteroatoms. The summed E-state index contributed by atoms with van der Waals surface area (Å²) in [6.45, 7) is 5.69. The molecule has 0 atom stereocenters. The van der Waals surface area contributed by atoms with Crippen molar-refractivity contribution in [3.05, 3.63) is 69.1 Å². The zero-order valence-electron chi connectivity index (χ0n) is 14.3. The lowest BCUT2D eigenvalue weighted by Gasteiger charge is -2.32. The minimum absolute atomic E-state index is 0.0549. The number of nitrogens with one attached hydrogen (secondary N) is 1. The van der Waals surface area contributed by atoms with Crippen LogP contribution in [0.25, 0.3) is 0 Å². The lowest BCUT2D eigenvalue weighted by atomic mass is 9.90. The van der Waals surface area contributed by atoms with E-state index in [4.69, 9.17) is 0 Å². The summed E-state index contributed by atoms with van der Waals surface area (Å²) >= 11 is 0. The van der Waals surface area contributed by atoms with Crippen LogP contribution >= 0.6 is 0 Å². The molecule has 1 aromatic heterocycles. The van der Waals surface area contributed by atoms with E-state index >= 15 is 0 Å². The first-order valence-electron chi connectivity index (χ1n) is 8.55. The molecule has 2 aromatic rings. The van der Waals surface area contributed by atoms with Crippen molar-refractivity contribution in [2.45, 2.75) is 39.0 Å². The van der Waals surface area contributed by atoms with E-state index in [2.05, 4.69) is 31.0 Å². The first-order valence-corrected chi connectivity index (χ1v) is 8.55. The van der Waals surface area contributed by atoms with Gasteiger partial charge in [0.05, 0.1) is 6.42 Å². The van der Waals surface area contributed by atoms with Crippen LogP contribution in [0.4, 0.5) is 0 Å². The van der Waals surface area contributed by atoms with Gasteiger partial charge >= 0.3 is 0 Å². The van der Waals surface area contributed by atoms with E-state index in [1.165, 1.54) is 11.1 Å². The summed E-state index contributed by atoms with van der Waals surface area (Å²) in [5.74, 6) is 0.570. The van der Waals surface area contributed by atoms with Gasteiger partial charge < -0.3 is 9.88 Å². The molecule has 0 saturated carbocycles. The van der Waals surface area contributed by atoms with Crippen molar-refractivity contribution in [3.8, 4) is 0 Å². The highest BCUT2D eigenvalue weighted by Gasteiger charge is 2.24. The summed E-state index contributed by atoms with van der Waals surface area (Å²) in [7, 11) is 0. The largest absolute Gasteiger partial charge is 0.342 e. The van der Waals surface area contributed by atoms with Crippen LogP contribution in [0.5, 0.6) is 0 Å². The summed E-state index contributed by atoms with van der Waals surface area (Å²) in [4.78, 5) is 28.6. The van der Waals surface area contributed by atoms with Gasteiger partial charge in [-0.05, 0) is 60.9 Å². The van der Waals surface area contributed by atoms with Crippen molar-refractivity contribution >= 4 is 5.91 Å². The van der Waals surface area contributed by atoms with Gasteiger partial charge in [-0.2, -0.15) is 0 Å². The Hall–Kier alpha value is -2.36. The van der Waals surface area contributed by atoms with E-state index in [1.54, 1.807) is 12.3 Å². The Labute approximate surface area is 142 Å². The van der Waals surface area contributed by atoms with Gasteiger partial charge in [-0.15, -0.1) is 0 Å². The second-order valence-electron chi connectivity index (χ2n) is 6.74. The second kappa shape index (κ2) is 7.04. The third-order valence-corrected chi connectivity index (χ3v) is 5.04. The Balaban J connectivity index is 1.58. The molecule has 0 bridgehead atoms. The van der Waals surface area contributed by atoms with Crippen LogP contribution in [-0.2, 0) is 11.2 Å². The number of aryl methyl sites for hydroxylation is 2. The first-order chi connectivity index (χ1) is 11.5. The predicted molar refractivity (Wildman–Crippen MR) is 95.2 cm³/mol. The third kappa shape index (κ3) is 3.75. The van der Waals surface area contributed by atoms with E-state index in [-0.39, 0.29) is 11.5 Å². The number of carbonyl (C=O) groups excluding carboxylic acids is 1. The van der Waals surface area contributed by atoms with Crippen LogP contribution < -0.4 is 5.56 Å². The van der Waals surface area contributed by atoms with Gasteiger partial charge in [0.2, 0.25) is 11.5 Å². The molecule has 0 spiro atoms. The minimum Gasteiger partial charge on any atom is -0.342 e. The third-order valence-electron chi connectivity index (χ3n) is 5.04. The Morgan fingerprint density at radius 1 is 1.12 bits per heavy atom. The number of benzene rings is 1. The number of H-pyrrole nitrogens is 1. The predicted octanol–water partition coefficient (Wildman–Crippen LogP) is 2.94. The number of rotatable bonds is 3. The highest BCUT2D eigenvalue weighted by Crippen LogP contribution is 2.27. The average Bonchev–Trinajstić information content (AvgIpc) is 2.58. The monoisotopic (exact) mass is 324 g/mol. The molecule has 1 saturated heterocycles. The molecule has 0 unspecified atom stereocenters. The van der Waals surface area contributed by atoms with E-state index in [1.807, 2.05) is 17.0 Å². The molecule has 1 aliphatic rings. The van der Waals surface area contributed by atoms with Crippen molar-refractivity contribution in [1.29, 1.82) is 0 Å². The van der Waals surface area contributed by atoms with Crippen molar-refractivity contribution in [3.63, 3.8) is 0 Å². The van der Waals surface area contributed by atoms with Crippen LogP contribution in [0.1, 0.15) is 41.0 Å². The highest BCUT2D eigenvalue weighted by atomic mass is 16.2. The van der Waals surface area contributed by atoms with Crippen molar-refractivity contribution < 1.29 is 4.79 Å². The Morgan fingerprint density at radius 2 is 1.88 bits per heavy atom. The number of aromatic amines is 1. The number of piperidine rings is 1. The van der Waals surface area contributed by atoms with E-state index in [0.717, 1.165) is 37.1 Å². The summed E-state index contributed by atoms with van der Waals surface area (Å²) in [6, 6.07) is 9.88. The van der Waals surface area contributed by atoms with Crippen molar-refractivity contribution in [2.24, 2.45) is 0 Å². The first kappa shape index (κ1) is 16.5. The molecule has 126 valence electrons. The summed E-state index contributed by atoms with van der Waals surface area (Å²) < 4.78 is 0. The molecule has 1 aromatic carbocycles. The maximum absolute atomic E-state index is 12.5. The van der Waals surface area contributed by atoms with Gasteiger partial charge in [-0.1, -0.05) is 18.2 Å². The number of amides is 1. The number of pyridine rings is 1. The minimum atomic E-state index is -0.0549. The number of aromatic nitrogens is 1. The summed E-state index contributed by atoms with van der Waals surface area (Å²) in [5, 5.41) is 0. The molecule has 24 heavy (non-hydrogen) atoms. The van der Waals surface area contributed by atoms with Gasteiger partial charge in [0.1, 0.15) is 0 Å². The lowest BCUT2D eigenvalue weighted by Crippen LogP contribution is -2.38. The van der Waals surface area contributed by atoms with Gasteiger partial charge in [0.15, 0.2) is 0 Å². The maximum atomic E-state index is 12.5. The fourth-order valence-electron chi connectivity index (χ4n) is 3.38. The number of hydrogen-bond donors (Lipinski definition) is 1. The fraction of sp³-hybridized carbons (Fsp3) is 0.400. The van der Waals surface area contributed by atoms with Crippen LogP contribution in [-0.4, -0.2) is 28.9 Å². The number of likely N-dealkylation sites (tertiary alicyclic amines) is 1. The summed E-state index contributed by atoms with van der Waals surface area (Å²) in [5.41, 5.74) is 4.60. The molecular formula is C20H24N2O2. The van der Waals surface area contributed by atoms with E-state index in [9.17, 15) is 9.59 Å². The Bertz CT molecular complexity index is 786. The molecule has 2 heterocycles. The second-order valence-corrected chi connectivity index (χ2v) is 6.74. The van der Waals surface area contributed by atoms with E-state index in [0.29, 0.717) is 12.3 Å².